The van der Waals surface area contributed by atoms with Gasteiger partial charge in [0.2, 0.25) is 0 Å². The third-order valence-corrected chi connectivity index (χ3v) is 3.41. The van der Waals surface area contributed by atoms with E-state index in [-0.39, 0.29) is 11.0 Å². The highest BCUT2D eigenvalue weighted by Crippen LogP contribution is 2.31. The van der Waals surface area contributed by atoms with Crippen molar-refractivity contribution in [1.82, 2.24) is 5.32 Å². The van der Waals surface area contributed by atoms with E-state index in [1.165, 1.54) is 12.1 Å². The molecule has 1 aliphatic rings. The summed E-state index contributed by atoms with van der Waals surface area (Å²) >= 11 is 0.905. The maximum atomic E-state index is 11.0. The van der Waals surface area contributed by atoms with E-state index >= 15 is 0 Å². The summed E-state index contributed by atoms with van der Waals surface area (Å²) in [6.07, 6.45) is 1.94. The molecule has 2 rings (SSSR count). The summed E-state index contributed by atoms with van der Waals surface area (Å²) < 4.78 is 0. The SMILES string of the molecule is O=C(O)C(NC1CC1)c1ccc([N+](=O)[O-])s1. The summed E-state index contributed by atoms with van der Waals surface area (Å²) in [6, 6.07) is 2.25. The summed E-state index contributed by atoms with van der Waals surface area (Å²) in [7, 11) is 0. The van der Waals surface area contributed by atoms with Gasteiger partial charge in [0.15, 0.2) is 0 Å². The lowest BCUT2D eigenvalue weighted by Crippen LogP contribution is -2.29. The van der Waals surface area contributed by atoms with Gasteiger partial charge in [-0.2, -0.15) is 0 Å². The minimum absolute atomic E-state index is 0.0288. The molecule has 1 aromatic rings. The van der Waals surface area contributed by atoms with Crippen LogP contribution in [-0.2, 0) is 4.79 Å². The van der Waals surface area contributed by atoms with E-state index in [1.807, 2.05) is 0 Å². The molecule has 1 unspecified atom stereocenters. The maximum absolute atomic E-state index is 11.0. The lowest BCUT2D eigenvalue weighted by atomic mass is 10.2. The minimum Gasteiger partial charge on any atom is -0.480 e. The Morgan fingerprint density at radius 1 is 1.62 bits per heavy atom. The summed E-state index contributed by atoms with van der Waals surface area (Å²) in [5.74, 6) is -0.997. The molecule has 0 spiro atoms. The molecule has 86 valence electrons. The first-order valence-electron chi connectivity index (χ1n) is 4.81. The second-order valence-electron chi connectivity index (χ2n) is 3.65. The fraction of sp³-hybridized carbons (Fsp3) is 0.444. The molecule has 1 heterocycles. The molecule has 0 radical (unpaired) electrons. The van der Waals surface area contributed by atoms with Crippen molar-refractivity contribution in [3.63, 3.8) is 0 Å². The summed E-state index contributed by atoms with van der Waals surface area (Å²) in [5.41, 5.74) is 0. The van der Waals surface area contributed by atoms with Crippen LogP contribution in [0.5, 0.6) is 0 Å². The average Bonchev–Trinajstić information content (AvgIpc) is 2.89. The average molecular weight is 242 g/mol. The zero-order chi connectivity index (χ0) is 11.7. The molecule has 0 bridgehead atoms. The van der Waals surface area contributed by atoms with Crippen LogP contribution in [0.15, 0.2) is 12.1 Å². The number of hydrogen-bond acceptors (Lipinski definition) is 5. The highest BCUT2D eigenvalue weighted by atomic mass is 32.1. The van der Waals surface area contributed by atoms with Crippen LogP contribution in [-0.4, -0.2) is 22.0 Å². The fourth-order valence-corrected chi connectivity index (χ4v) is 2.23. The Labute approximate surface area is 95.0 Å². The Bertz CT molecular complexity index is 427. The first-order chi connectivity index (χ1) is 7.58. The van der Waals surface area contributed by atoms with Gasteiger partial charge in [-0.05, 0) is 18.9 Å². The quantitative estimate of drug-likeness (QED) is 0.603. The lowest BCUT2D eigenvalue weighted by molar-refractivity contribution is -0.380. The van der Waals surface area contributed by atoms with E-state index in [1.54, 1.807) is 0 Å². The van der Waals surface area contributed by atoms with Crippen molar-refractivity contribution >= 4 is 22.3 Å². The van der Waals surface area contributed by atoms with Crippen LogP contribution < -0.4 is 5.32 Å². The maximum Gasteiger partial charge on any atom is 0.326 e. The highest BCUT2D eigenvalue weighted by molar-refractivity contribution is 7.15. The van der Waals surface area contributed by atoms with Crippen LogP contribution in [0.4, 0.5) is 5.00 Å². The number of nitrogens with zero attached hydrogens (tertiary/aromatic N) is 1. The van der Waals surface area contributed by atoms with Gasteiger partial charge in [0.1, 0.15) is 6.04 Å². The number of nitro groups is 1. The van der Waals surface area contributed by atoms with Crippen LogP contribution in [0.1, 0.15) is 23.8 Å². The summed E-state index contributed by atoms with van der Waals surface area (Å²) in [5, 5.41) is 22.4. The number of thiophene rings is 1. The third kappa shape index (κ3) is 2.37. The molecule has 7 heteroatoms. The van der Waals surface area contributed by atoms with Crippen molar-refractivity contribution < 1.29 is 14.8 Å². The van der Waals surface area contributed by atoms with E-state index in [2.05, 4.69) is 5.32 Å². The molecule has 1 fully saturated rings. The Morgan fingerprint density at radius 3 is 2.75 bits per heavy atom. The Morgan fingerprint density at radius 2 is 2.31 bits per heavy atom. The molecule has 0 aliphatic heterocycles. The third-order valence-electron chi connectivity index (χ3n) is 2.30. The molecule has 6 nitrogen and oxygen atoms in total. The highest BCUT2D eigenvalue weighted by Gasteiger charge is 2.31. The lowest BCUT2D eigenvalue weighted by Gasteiger charge is -2.10. The fourth-order valence-electron chi connectivity index (χ4n) is 1.36. The zero-order valence-corrected chi connectivity index (χ0v) is 9.07. The predicted octanol–water partition coefficient (Wildman–Crippen LogP) is 1.53. The van der Waals surface area contributed by atoms with Gasteiger partial charge in [-0.3, -0.25) is 20.2 Å². The van der Waals surface area contributed by atoms with Gasteiger partial charge in [0, 0.05) is 17.0 Å². The van der Waals surface area contributed by atoms with E-state index in [0.29, 0.717) is 4.88 Å². The number of carbonyl (C=O) groups is 1. The predicted molar refractivity (Wildman–Crippen MR) is 57.5 cm³/mol. The number of aliphatic carboxylic acids is 1. The van der Waals surface area contributed by atoms with Crippen molar-refractivity contribution in [2.24, 2.45) is 0 Å². The monoisotopic (exact) mass is 242 g/mol. The van der Waals surface area contributed by atoms with Gasteiger partial charge in [0.25, 0.3) is 0 Å². The van der Waals surface area contributed by atoms with Crippen molar-refractivity contribution in [2.45, 2.75) is 24.9 Å². The first-order valence-corrected chi connectivity index (χ1v) is 5.62. The standard InChI is InChI=1S/C9H10N2O4S/c12-9(13)8(10-5-1-2-5)6-3-4-7(16-6)11(14)15/h3-5,8,10H,1-2H2,(H,12,13). The second-order valence-corrected chi connectivity index (χ2v) is 4.74. The number of carboxylic acid groups (broad SMARTS) is 1. The van der Waals surface area contributed by atoms with E-state index < -0.39 is 16.9 Å². The molecule has 1 atom stereocenters. The largest absolute Gasteiger partial charge is 0.480 e. The first kappa shape index (κ1) is 11.0. The van der Waals surface area contributed by atoms with Crippen molar-refractivity contribution in [3.8, 4) is 0 Å². The molecule has 1 saturated carbocycles. The molecule has 1 aromatic heterocycles. The Hall–Kier alpha value is -1.47. The van der Waals surface area contributed by atoms with Crippen LogP contribution in [0, 0.1) is 10.1 Å². The van der Waals surface area contributed by atoms with Gasteiger partial charge >= 0.3 is 11.0 Å². The zero-order valence-electron chi connectivity index (χ0n) is 8.25. The number of rotatable bonds is 5. The molecule has 0 saturated heterocycles. The molecule has 1 aliphatic carbocycles. The molecular formula is C9H10N2O4S. The summed E-state index contributed by atoms with van der Waals surface area (Å²) in [6.45, 7) is 0. The Kier molecular flexibility index (Phi) is 2.88. The smallest absolute Gasteiger partial charge is 0.326 e. The topological polar surface area (TPSA) is 92.5 Å². The van der Waals surface area contributed by atoms with Crippen LogP contribution in [0.2, 0.25) is 0 Å². The van der Waals surface area contributed by atoms with Crippen LogP contribution >= 0.6 is 11.3 Å². The molecule has 0 amide bonds. The van der Waals surface area contributed by atoms with Crippen molar-refractivity contribution in [2.75, 3.05) is 0 Å². The van der Waals surface area contributed by atoms with Gasteiger partial charge in [-0.15, -0.1) is 0 Å². The van der Waals surface area contributed by atoms with Gasteiger partial charge in [0.05, 0.1) is 4.92 Å². The van der Waals surface area contributed by atoms with Crippen molar-refractivity contribution in [3.05, 3.63) is 27.1 Å². The van der Waals surface area contributed by atoms with Crippen molar-refractivity contribution in [1.29, 1.82) is 0 Å². The number of hydrogen-bond donors (Lipinski definition) is 2. The van der Waals surface area contributed by atoms with E-state index in [4.69, 9.17) is 5.11 Å². The Balaban J connectivity index is 2.16. The molecule has 2 N–H and O–H groups in total. The normalized spacial score (nSPS) is 17.0. The minimum atomic E-state index is -0.997. The van der Waals surface area contributed by atoms with Gasteiger partial charge < -0.3 is 5.11 Å². The molecule has 16 heavy (non-hydrogen) atoms. The van der Waals surface area contributed by atoms with Gasteiger partial charge in [-0.25, -0.2) is 0 Å². The van der Waals surface area contributed by atoms with Gasteiger partial charge in [-0.1, -0.05) is 11.3 Å². The second kappa shape index (κ2) is 4.18. The van der Waals surface area contributed by atoms with E-state index in [9.17, 15) is 14.9 Å². The van der Waals surface area contributed by atoms with Crippen LogP contribution in [0.25, 0.3) is 0 Å². The van der Waals surface area contributed by atoms with Crippen LogP contribution in [0.3, 0.4) is 0 Å². The number of carboxylic acids is 1. The van der Waals surface area contributed by atoms with E-state index in [0.717, 1.165) is 24.2 Å². The molecule has 0 aromatic carbocycles. The summed E-state index contributed by atoms with van der Waals surface area (Å²) in [4.78, 5) is 21.5. The number of nitrogens with one attached hydrogen (secondary N) is 1. The molecular weight excluding hydrogens is 232 g/mol.